The molecule has 2 aromatic rings. The summed E-state index contributed by atoms with van der Waals surface area (Å²) in [6.45, 7) is 10.4. The van der Waals surface area contributed by atoms with Crippen LogP contribution in [0.2, 0.25) is 5.02 Å². The van der Waals surface area contributed by atoms with Crippen LogP contribution in [0.1, 0.15) is 52.0 Å². The van der Waals surface area contributed by atoms with Crippen LogP contribution in [0.15, 0.2) is 36.5 Å². The van der Waals surface area contributed by atoms with Crippen molar-refractivity contribution in [2.75, 3.05) is 13.6 Å². The van der Waals surface area contributed by atoms with E-state index >= 15 is 0 Å². The molecule has 1 aliphatic rings. The molecule has 7 heteroatoms. The summed E-state index contributed by atoms with van der Waals surface area (Å²) in [7, 11) is 1.86. The summed E-state index contributed by atoms with van der Waals surface area (Å²) in [4.78, 5) is 18.7. The zero-order valence-electron chi connectivity index (χ0n) is 18.5. The molecule has 0 radical (unpaired) electrons. The number of carbonyl (C=O) groups excluding carboxylic acids is 1. The minimum atomic E-state index is -0.744. The summed E-state index contributed by atoms with van der Waals surface area (Å²) >= 11 is 6.34. The van der Waals surface area contributed by atoms with Crippen molar-refractivity contribution in [3.05, 3.63) is 52.8 Å². The van der Waals surface area contributed by atoms with E-state index in [9.17, 15) is 4.79 Å². The average molecular weight is 432 g/mol. The van der Waals surface area contributed by atoms with E-state index in [0.717, 1.165) is 22.4 Å². The Morgan fingerprint density at radius 3 is 2.53 bits per heavy atom. The molecule has 0 bridgehead atoms. The molecule has 1 N–H and O–H groups in total. The lowest BCUT2D eigenvalue weighted by molar-refractivity contribution is -0.0789. The molecular weight excluding hydrogens is 402 g/mol. The van der Waals surface area contributed by atoms with Crippen LogP contribution in [0, 0.1) is 0 Å². The largest absolute Gasteiger partial charge is 0.444 e. The Morgan fingerprint density at radius 1 is 1.30 bits per heavy atom. The van der Waals surface area contributed by atoms with Crippen LogP contribution >= 0.6 is 11.6 Å². The molecule has 1 fully saturated rings. The van der Waals surface area contributed by atoms with Crippen molar-refractivity contribution in [3.8, 4) is 11.1 Å². The van der Waals surface area contributed by atoms with Gasteiger partial charge in [-0.25, -0.2) is 4.79 Å². The van der Waals surface area contributed by atoms with Crippen LogP contribution < -0.4 is 5.32 Å². The fraction of sp³-hybridized carbons (Fsp3) is 0.478. The van der Waals surface area contributed by atoms with Crippen molar-refractivity contribution in [1.82, 2.24) is 15.2 Å². The van der Waals surface area contributed by atoms with Gasteiger partial charge < -0.3 is 14.8 Å². The fourth-order valence-electron chi connectivity index (χ4n) is 3.43. The van der Waals surface area contributed by atoms with Crippen LogP contribution in [-0.2, 0) is 16.0 Å². The van der Waals surface area contributed by atoms with E-state index in [2.05, 4.69) is 10.3 Å². The van der Waals surface area contributed by atoms with E-state index in [1.165, 1.54) is 0 Å². The van der Waals surface area contributed by atoms with Crippen molar-refractivity contribution in [1.29, 1.82) is 0 Å². The van der Waals surface area contributed by atoms with Crippen molar-refractivity contribution >= 4 is 17.7 Å². The molecule has 1 atom stereocenters. The molecule has 162 valence electrons. The van der Waals surface area contributed by atoms with E-state index in [1.807, 2.05) is 78.2 Å². The SMILES string of the molecule is CNCc1ncc(-c2ccc(C3CN(C(=O)OC(C)(C)C)C(C)(C)O3)cc2)cc1Cl. The molecule has 1 saturated heterocycles. The quantitative estimate of drug-likeness (QED) is 0.723. The van der Waals surface area contributed by atoms with Gasteiger partial charge in [-0.3, -0.25) is 9.88 Å². The Morgan fingerprint density at radius 2 is 1.97 bits per heavy atom. The summed E-state index contributed by atoms with van der Waals surface area (Å²) in [5.74, 6) is 0. The fourth-order valence-corrected chi connectivity index (χ4v) is 3.66. The number of nitrogens with one attached hydrogen (secondary N) is 1. The smallest absolute Gasteiger partial charge is 0.412 e. The van der Waals surface area contributed by atoms with E-state index in [1.54, 1.807) is 4.90 Å². The number of amides is 1. The van der Waals surface area contributed by atoms with Crippen molar-refractivity contribution in [2.45, 2.75) is 58.6 Å². The second kappa shape index (κ2) is 8.53. The molecule has 2 heterocycles. The Labute approximate surface area is 183 Å². The lowest BCUT2D eigenvalue weighted by Gasteiger charge is -2.31. The third-order valence-electron chi connectivity index (χ3n) is 4.92. The Balaban J connectivity index is 1.75. The number of rotatable bonds is 4. The second-order valence-corrected chi connectivity index (χ2v) is 9.36. The molecular formula is C23H30ClN3O3. The lowest BCUT2D eigenvalue weighted by Crippen LogP contribution is -2.46. The summed E-state index contributed by atoms with van der Waals surface area (Å²) in [6, 6.07) is 10.0. The van der Waals surface area contributed by atoms with Gasteiger partial charge in [0.2, 0.25) is 0 Å². The average Bonchev–Trinajstić information content (AvgIpc) is 2.98. The Kier molecular flexibility index (Phi) is 6.41. The number of ether oxygens (including phenoxy) is 2. The van der Waals surface area contributed by atoms with Crippen LogP contribution in [0.3, 0.4) is 0 Å². The van der Waals surface area contributed by atoms with Gasteiger partial charge in [-0.1, -0.05) is 35.9 Å². The number of aromatic nitrogens is 1. The first-order chi connectivity index (χ1) is 14.0. The highest BCUT2D eigenvalue weighted by Gasteiger charge is 2.44. The predicted molar refractivity (Wildman–Crippen MR) is 118 cm³/mol. The molecule has 0 spiro atoms. The number of hydrogen-bond donors (Lipinski definition) is 1. The van der Waals surface area contributed by atoms with Gasteiger partial charge in [0.25, 0.3) is 0 Å². The lowest BCUT2D eigenvalue weighted by atomic mass is 10.0. The number of benzene rings is 1. The first-order valence-corrected chi connectivity index (χ1v) is 10.5. The van der Waals surface area contributed by atoms with Crippen molar-refractivity contribution in [2.24, 2.45) is 0 Å². The van der Waals surface area contributed by atoms with Gasteiger partial charge >= 0.3 is 6.09 Å². The van der Waals surface area contributed by atoms with Crippen LogP contribution in [0.4, 0.5) is 4.79 Å². The zero-order valence-corrected chi connectivity index (χ0v) is 19.2. The summed E-state index contributed by atoms with van der Waals surface area (Å²) in [5, 5.41) is 3.69. The molecule has 1 unspecified atom stereocenters. The highest BCUT2D eigenvalue weighted by atomic mass is 35.5. The standard InChI is InChI=1S/C23H30ClN3O3/c1-22(2,3)30-21(28)27-14-20(29-23(27,4)5)16-9-7-15(8-10-16)17-11-18(24)19(13-25-6)26-12-17/h7-12,20,25H,13-14H2,1-6H3. The number of halogens is 1. The number of nitrogens with zero attached hydrogens (tertiary/aromatic N) is 2. The topological polar surface area (TPSA) is 63.7 Å². The molecule has 0 saturated carbocycles. The first kappa shape index (κ1) is 22.5. The highest BCUT2D eigenvalue weighted by molar-refractivity contribution is 6.31. The summed E-state index contributed by atoms with van der Waals surface area (Å²) in [6.07, 6.45) is 1.24. The third-order valence-corrected chi connectivity index (χ3v) is 5.25. The molecule has 6 nitrogen and oxygen atoms in total. The molecule has 1 aromatic heterocycles. The minimum Gasteiger partial charge on any atom is -0.444 e. The van der Waals surface area contributed by atoms with Gasteiger partial charge in [0.05, 0.1) is 17.3 Å². The third kappa shape index (κ3) is 5.12. The van der Waals surface area contributed by atoms with Gasteiger partial charge in [0, 0.05) is 18.3 Å². The van der Waals surface area contributed by atoms with Gasteiger partial charge in [0.15, 0.2) is 0 Å². The van der Waals surface area contributed by atoms with E-state index in [0.29, 0.717) is 18.1 Å². The maximum Gasteiger partial charge on any atom is 0.412 e. The molecule has 1 amide bonds. The minimum absolute atomic E-state index is 0.221. The zero-order chi connectivity index (χ0) is 22.1. The van der Waals surface area contributed by atoms with Crippen LogP contribution in [0.25, 0.3) is 11.1 Å². The Hall–Kier alpha value is -2.15. The van der Waals surface area contributed by atoms with Gasteiger partial charge in [-0.05, 0) is 58.9 Å². The molecule has 1 aromatic carbocycles. The predicted octanol–water partition coefficient (Wildman–Crippen LogP) is 5.17. The molecule has 3 rings (SSSR count). The second-order valence-electron chi connectivity index (χ2n) is 8.95. The first-order valence-electron chi connectivity index (χ1n) is 10.1. The number of hydrogen-bond acceptors (Lipinski definition) is 5. The highest BCUT2D eigenvalue weighted by Crippen LogP contribution is 2.37. The van der Waals surface area contributed by atoms with Crippen molar-refractivity contribution < 1.29 is 14.3 Å². The summed E-state index contributed by atoms with van der Waals surface area (Å²) < 4.78 is 11.7. The van der Waals surface area contributed by atoms with E-state index in [-0.39, 0.29) is 12.2 Å². The molecule has 0 aliphatic carbocycles. The van der Waals surface area contributed by atoms with Crippen LogP contribution in [0.5, 0.6) is 0 Å². The van der Waals surface area contributed by atoms with Crippen LogP contribution in [-0.4, -0.2) is 40.9 Å². The maximum atomic E-state index is 12.6. The van der Waals surface area contributed by atoms with Gasteiger partial charge in [0.1, 0.15) is 17.4 Å². The maximum absolute atomic E-state index is 12.6. The van der Waals surface area contributed by atoms with E-state index < -0.39 is 11.3 Å². The van der Waals surface area contributed by atoms with E-state index in [4.69, 9.17) is 21.1 Å². The normalized spacial score (nSPS) is 18.5. The molecule has 30 heavy (non-hydrogen) atoms. The van der Waals surface area contributed by atoms with Crippen molar-refractivity contribution in [3.63, 3.8) is 0 Å². The molecule has 1 aliphatic heterocycles. The summed E-state index contributed by atoms with van der Waals surface area (Å²) in [5.41, 5.74) is 2.50. The number of pyridine rings is 1. The Bertz CT molecular complexity index is 907. The monoisotopic (exact) mass is 431 g/mol. The van der Waals surface area contributed by atoms with Gasteiger partial charge in [-0.15, -0.1) is 0 Å². The van der Waals surface area contributed by atoms with Gasteiger partial charge in [-0.2, -0.15) is 0 Å². The number of carbonyl (C=O) groups is 1.